The molecule has 0 bridgehead atoms. The Morgan fingerprint density at radius 1 is 1.21 bits per heavy atom. The molecule has 1 aromatic carbocycles. The van der Waals surface area contributed by atoms with Gasteiger partial charge in [-0.15, -0.1) is 11.3 Å². The van der Waals surface area contributed by atoms with Crippen molar-refractivity contribution in [3.05, 3.63) is 82.3 Å². The molecule has 1 amide bonds. The molecule has 1 aliphatic heterocycles. The van der Waals surface area contributed by atoms with E-state index in [1.807, 2.05) is 55.5 Å². The van der Waals surface area contributed by atoms with E-state index in [-0.39, 0.29) is 18.0 Å². The molecular weight excluding hydrogens is 400 g/mol. The summed E-state index contributed by atoms with van der Waals surface area (Å²) in [5.74, 6) is -0.0201. The van der Waals surface area contributed by atoms with Gasteiger partial charge in [-0.05, 0) is 54.4 Å². The third-order valence-electron chi connectivity index (χ3n) is 5.03. The van der Waals surface area contributed by atoms with Gasteiger partial charge in [0.2, 0.25) is 5.91 Å². The maximum absolute atomic E-state index is 12.6. The Labute approximate surface area is 179 Å². The number of hydrogen-bond acceptors (Lipinski definition) is 4. The first-order chi connectivity index (χ1) is 14.1. The number of aromatic nitrogens is 1. The van der Waals surface area contributed by atoms with E-state index in [4.69, 9.17) is 12.2 Å². The Hall–Kier alpha value is -2.77. The van der Waals surface area contributed by atoms with E-state index >= 15 is 0 Å². The molecule has 2 atom stereocenters. The lowest BCUT2D eigenvalue weighted by Crippen LogP contribution is -2.32. The molecule has 0 aliphatic carbocycles. The number of benzene rings is 1. The van der Waals surface area contributed by atoms with Crippen LogP contribution in [0.4, 0.5) is 5.69 Å². The second-order valence-corrected chi connectivity index (χ2v) is 8.31. The number of carbonyl (C=O) groups is 1. The summed E-state index contributed by atoms with van der Waals surface area (Å²) in [4.78, 5) is 20.4. The number of para-hydroxylation sites is 1. The van der Waals surface area contributed by atoms with Gasteiger partial charge in [0.25, 0.3) is 0 Å². The first kappa shape index (κ1) is 19.5. The fourth-order valence-corrected chi connectivity index (χ4v) is 4.77. The molecular formula is C22H22N4OS2. The molecule has 0 radical (unpaired) electrons. The van der Waals surface area contributed by atoms with Crippen molar-refractivity contribution in [1.82, 2.24) is 15.2 Å². The molecule has 3 aromatic rings. The van der Waals surface area contributed by atoms with Crippen LogP contribution >= 0.6 is 23.6 Å². The molecule has 5 nitrogen and oxygen atoms in total. The van der Waals surface area contributed by atoms with Crippen LogP contribution in [0.1, 0.15) is 34.6 Å². The molecule has 148 valence electrons. The lowest BCUT2D eigenvalue weighted by Gasteiger charge is -2.26. The highest BCUT2D eigenvalue weighted by atomic mass is 32.1. The van der Waals surface area contributed by atoms with E-state index in [1.54, 1.807) is 17.5 Å². The minimum atomic E-state index is -0.0400. The van der Waals surface area contributed by atoms with Crippen molar-refractivity contribution in [2.24, 2.45) is 0 Å². The van der Waals surface area contributed by atoms with Crippen molar-refractivity contribution in [3.8, 4) is 0 Å². The molecule has 0 unspecified atom stereocenters. The number of nitrogens with one attached hydrogen (secondary N) is 2. The molecule has 3 heterocycles. The van der Waals surface area contributed by atoms with Crippen LogP contribution < -0.4 is 10.6 Å². The number of anilines is 1. The zero-order valence-electron chi connectivity index (χ0n) is 16.0. The van der Waals surface area contributed by atoms with Gasteiger partial charge in [-0.1, -0.05) is 30.3 Å². The van der Waals surface area contributed by atoms with Crippen LogP contribution in [0.25, 0.3) is 0 Å². The number of thiocarbonyl (C=S) groups is 1. The van der Waals surface area contributed by atoms with Gasteiger partial charge in [-0.25, -0.2) is 0 Å². The lowest BCUT2D eigenvalue weighted by molar-refractivity contribution is -0.116. The van der Waals surface area contributed by atoms with Crippen LogP contribution in [-0.4, -0.2) is 27.4 Å². The average molecular weight is 423 g/mol. The number of pyridine rings is 1. The highest BCUT2D eigenvalue weighted by molar-refractivity contribution is 7.80. The number of nitrogens with zero attached hydrogens (tertiary/aromatic N) is 2. The largest absolute Gasteiger partial charge is 0.352 e. The molecule has 4 rings (SSSR count). The SMILES string of the molecule is Cc1ccccc1NC(=O)CCN1C(=S)N[C@H](c2ccccn2)[C@@H]1c1cccs1. The zero-order valence-corrected chi connectivity index (χ0v) is 17.7. The summed E-state index contributed by atoms with van der Waals surface area (Å²) in [6, 6.07) is 17.8. The molecule has 1 aliphatic rings. The molecule has 7 heteroatoms. The van der Waals surface area contributed by atoms with Crippen LogP contribution in [0, 0.1) is 6.92 Å². The monoisotopic (exact) mass is 422 g/mol. The summed E-state index contributed by atoms with van der Waals surface area (Å²) in [6.45, 7) is 2.52. The number of aryl methyl sites for hydroxylation is 1. The number of thiophene rings is 1. The fraction of sp³-hybridized carbons (Fsp3) is 0.227. The third-order valence-corrected chi connectivity index (χ3v) is 6.33. The van der Waals surface area contributed by atoms with Gasteiger partial charge in [0, 0.05) is 29.7 Å². The van der Waals surface area contributed by atoms with E-state index in [0.29, 0.717) is 18.1 Å². The highest BCUT2D eigenvalue weighted by Gasteiger charge is 2.40. The standard InChI is InChI=1S/C22H22N4OS2/c1-15-7-2-3-8-16(15)24-19(27)11-13-26-21(18-10-6-14-29-18)20(25-22(26)28)17-9-4-5-12-23-17/h2-10,12,14,20-21H,11,13H2,1H3,(H,24,27)(H,25,28)/t20-,21+/m1/s1. The van der Waals surface area contributed by atoms with Gasteiger partial charge < -0.3 is 15.5 Å². The van der Waals surface area contributed by atoms with Crippen molar-refractivity contribution in [3.63, 3.8) is 0 Å². The molecule has 0 saturated carbocycles. The second-order valence-electron chi connectivity index (χ2n) is 6.95. The van der Waals surface area contributed by atoms with Gasteiger partial charge in [0.05, 0.1) is 17.8 Å². The molecule has 29 heavy (non-hydrogen) atoms. The van der Waals surface area contributed by atoms with Crippen LogP contribution in [0.5, 0.6) is 0 Å². The first-order valence-electron chi connectivity index (χ1n) is 9.50. The summed E-state index contributed by atoms with van der Waals surface area (Å²) in [5.41, 5.74) is 2.84. The number of rotatable bonds is 6. The first-order valence-corrected chi connectivity index (χ1v) is 10.8. The van der Waals surface area contributed by atoms with Gasteiger partial charge in [0.15, 0.2) is 5.11 Å². The molecule has 2 aromatic heterocycles. The minimum Gasteiger partial charge on any atom is -0.352 e. The summed E-state index contributed by atoms with van der Waals surface area (Å²) in [5, 5.41) is 9.13. The Kier molecular flexibility index (Phi) is 5.87. The van der Waals surface area contributed by atoms with Crippen LogP contribution in [0.3, 0.4) is 0 Å². The van der Waals surface area contributed by atoms with Crippen LogP contribution in [-0.2, 0) is 4.79 Å². The number of hydrogen-bond donors (Lipinski definition) is 2. The van der Waals surface area contributed by atoms with E-state index < -0.39 is 0 Å². The summed E-state index contributed by atoms with van der Waals surface area (Å²) in [7, 11) is 0. The minimum absolute atomic E-state index is 0.0173. The van der Waals surface area contributed by atoms with Crippen molar-refractivity contribution in [1.29, 1.82) is 0 Å². The van der Waals surface area contributed by atoms with Gasteiger partial charge >= 0.3 is 0 Å². The van der Waals surface area contributed by atoms with Crippen molar-refractivity contribution < 1.29 is 4.79 Å². The Morgan fingerprint density at radius 2 is 2.03 bits per heavy atom. The lowest BCUT2D eigenvalue weighted by atomic mass is 10.0. The second kappa shape index (κ2) is 8.71. The topological polar surface area (TPSA) is 57.3 Å². The zero-order chi connectivity index (χ0) is 20.2. The van der Waals surface area contributed by atoms with Crippen molar-refractivity contribution in [2.75, 3.05) is 11.9 Å². The highest BCUT2D eigenvalue weighted by Crippen LogP contribution is 2.40. The normalized spacial score (nSPS) is 18.5. The third kappa shape index (κ3) is 4.31. The van der Waals surface area contributed by atoms with Crippen LogP contribution in [0.15, 0.2) is 66.2 Å². The van der Waals surface area contributed by atoms with E-state index in [0.717, 1.165) is 16.9 Å². The maximum atomic E-state index is 12.6. The van der Waals surface area contributed by atoms with E-state index in [9.17, 15) is 4.79 Å². The Morgan fingerprint density at radius 3 is 2.76 bits per heavy atom. The summed E-state index contributed by atoms with van der Waals surface area (Å²) >= 11 is 7.32. The number of amides is 1. The molecule has 0 spiro atoms. The van der Waals surface area contributed by atoms with Gasteiger partial charge in [0.1, 0.15) is 0 Å². The van der Waals surface area contributed by atoms with E-state index in [1.165, 1.54) is 4.88 Å². The van der Waals surface area contributed by atoms with Crippen molar-refractivity contribution in [2.45, 2.75) is 25.4 Å². The van der Waals surface area contributed by atoms with Gasteiger partial charge in [-0.3, -0.25) is 9.78 Å². The average Bonchev–Trinajstić information content (AvgIpc) is 3.36. The molecule has 1 fully saturated rings. The maximum Gasteiger partial charge on any atom is 0.226 e. The van der Waals surface area contributed by atoms with Crippen molar-refractivity contribution >= 4 is 40.3 Å². The predicted molar refractivity (Wildman–Crippen MR) is 121 cm³/mol. The number of carbonyl (C=O) groups excluding carboxylic acids is 1. The quantitative estimate of drug-likeness (QED) is 0.575. The van der Waals surface area contributed by atoms with Gasteiger partial charge in [-0.2, -0.15) is 0 Å². The molecule has 1 saturated heterocycles. The Balaban J connectivity index is 1.50. The van der Waals surface area contributed by atoms with E-state index in [2.05, 4.69) is 32.0 Å². The summed E-state index contributed by atoms with van der Waals surface area (Å²) in [6.07, 6.45) is 2.15. The molecule has 2 N–H and O–H groups in total. The Bertz CT molecular complexity index is 991. The fourth-order valence-electron chi connectivity index (χ4n) is 3.56. The smallest absolute Gasteiger partial charge is 0.226 e. The summed E-state index contributed by atoms with van der Waals surface area (Å²) < 4.78 is 0. The predicted octanol–water partition coefficient (Wildman–Crippen LogP) is 4.45. The van der Waals surface area contributed by atoms with Crippen LogP contribution in [0.2, 0.25) is 0 Å².